The quantitative estimate of drug-likeness (QED) is 0.133. The van der Waals surface area contributed by atoms with Gasteiger partial charge in [-0.05, 0) is 32.6 Å². The zero-order chi connectivity index (χ0) is 25.0. The molecule has 0 aliphatic carbocycles. The number of aliphatic carboxylic acids is 2. The van der Waals surface area contributed by atoms with Gasteiger partial charge < -0.3 is 30.3 Å². The molecular weight excluding hydrogens is 486 g/mol. The summed E-state index contributed by atoms with van der Waals surface area (Å²) in [6, 6.07) is -2.27. The Morgan fingerprint density at radius 3 is 2.33 bits per heavy atom. The number of thioether (sulfide) groups is 1. The summed E-state index contributed by atoms with van der Waals surface area (Å²) in [4.78, 5) is 53.9. The largest absolute Gasteiger partial charge is 0.480 e. The molecule has 1 rings (SSSR count). The molecule has 0 aromatic carbocycles. The van der Waals surface area contributed by atoms with Crippen molar-refractivity contribution < 1.29 is 33.5 Å². The van der Waals surface area contributed by atoms with Crippen molar-refractivity contribution in [3.63, 3.8) is 0 Å². The van der Waals surface area contributed by atoms with Gasteiger partial charge in [-0.15, -0.1) is 0 Å². The van der Waals surface area contributed by atoms with E-state index in [1.165, 1.54) is 0 Å². The number of carbonyl (C=O) groups is 4. The first-order valence-electron chi connectivity index (χ1n) is 10.2. The summed E-state index contributed by atoms with van der Waals surface area (Å²) in [5.41, 5.74) is 0.691. The van der Waals surface area contributed by atoms with Crippen molar-refractivity contribution in [2.45, 2.75) is 56.8 Å². The molecule has 0 bridgehead atoms. The lowest BCUT2D eigenvalue weighted by Gasteiger charge is -2.24. The number of rotatable bonds is 14. The van der Waals surface area contributed by atoms with Crippen LogP contribution in [0.3, 0.4) is 0 Å². The average Bonchev–Trinajstić information content (AvgIpc) is 2.71. The van der Waals surface area contributed by atoms with Crippen LogP contribution in [0.5, 0.6) is 0 Å². The molecule has 0 unspecified atom stereocenters. The summed E-state index contributed by atoms with van der Waals surface area (Å²) in [5, 5.41) is 25.9. The summed E-state index contributed by atoms with van der Waals surface area (Å²) in [7, 11) is -2.84. The molecule has 5 N–H and O–H groups in total. The fourth-order valence-electron chi connectivity index (χ4n) is 2.61. The average molecular weight is 518 g/mol. The van der Waals surface area contributed by atoms with Gasteiger partial charge in [0, 0.05) is 36.3 Å². The van der Waals surface area contributed by atoms with Crippen LogP contribution in [0, 0.1) is 0 Å². The van der Waals surface area contributed by atoms with Gasteiger partial charge in [-0.1, -0.05) is 11.8 Å². The minimum absolute atomic E-state index is 0.149. The Labute approximate surface area is 199 Å². The third kappa shape index (κ3) is 13.0. The lowest BCUT2D eigenvalue weighted by Crippen LogP contribution is -2.47. The van der Waals surface area contributed by atoms with Gasteiger partial charge in [0.1, 0.15) is 12.6 Å². The van der Waals surface area contributed by atoms with Crippen LogP contribution in [0.2, 0.25) is 26.2 Å². The van der Waals surface area contributed by atoms with Crippen molar-refractivity contribution in [3.05, 3.63) is 18.0 Å². The lowest BCUT2D eigenvalue weighted by atomic mass is 10.1. The number of carboxylic acid groups (broad SMARTS) is 2. The number of carbonyl (C=O) groups excluding carboxylic acids is 2. The molecule has 0 fully saturated rings. The normalized spacial score (nSPS) is 12.2. The molecule has 15 heteroatoms. The molecule has 1 atom stereocenters. The van der Waals surface area contributed by atoms with Crippen molar-refractivity contribution in [2.24, 2.45) is 0 Å². The van der Waals surface area contributed by atoms with Gasteiger partial charge in [0.25, 0.3) is 0 Å². The summed E-state index contributed by atoms with van der Waals surface area (Å²) >= 11 is 1.55. The van der Waals surface area contributed by atoms with Gasteiger partial charge >= 0.3 is 18.0 Å². The van der Waals surface area contributed by atoms with Crippen LogP contribution in [-0.4, -0.2) is 79.4 Å². The number of urea groups is 1. The van der Waals surface area contributed by atoms with Crippen LogP contribution in [-0.2, 0) is 25.0 Å². The Kier molecular flexibility index (Phi) is 12.0. The van der Waals surface area contributed by atoms with E-state index >= 15 is 0 Å². The second kappa shape index (κ2) is 13.9. The molecule has 12 nitrogen and oxygen atoms in total. The molecule has 1 heterocycles. The fraction of sp³-hybridized carbons (Fsp3) is 0.556. The Balaban J connectivity index is 2.43. The maximum atomic E-state index is 12.1. The summed E-state index contributed by atoms with van der Waals surface area (Å²) < 4.78 is 6.11. The molecule has 0 spiro atoms. The third-order valence-corrected chi connectivity index (χ3v) is 12.2. The fourth-order valence-corrected chi connectivity index (χ4v) is 10.8. The summed E-state index contributed by atoms with van der Waals surface area (Å²) in [6.07, 6.45) is 2.94. The molecular formula is C18H31N5O7SSi2. The second-order valence-electron chi connectivity index (χ2n) is 8.02. The topological polar surface area (TPSA) is 180 Å². The molecule has 33 heavy (non-hydrogen) atoms. The lowest BCUT2D eigenvalue weighted by molar-refractivity contribution is -0.139. The van der Waals surface area contributed by atoms with E-state index < -0.39 is 53.8 Å². The minimum atomic E-state index is -1.75. The highest BCUT2D eigenvalue weighted by Crippen LogP contribution is 2.19. The van der Waals surface area contributed by atoms with Gasteiger partial charge in [0.05, 0.1) is 0 Å². The molecule has 184 valence electrons. The van der Waals surface area contributed by atoms with Crippen LogP contribution in [0.15, 0.2) is 17.6 Å². The number of amides is 3. The first-order chi connectivity index (χ1) is 15.4. The van der Waals surface area contributed by atoms with Crippen LogP contribution >= 0.6 is 11.8 Å². The van der Waals surface area contributed by atoms with Gasteiger partial charge in [-0.25, -0.2) is 19.6 Å². The third-order valence-electron chi connectivity index (χ3n) is 3.94. The summed E-state index contributed by atoms with van der Waals surface area (Å²) in [5.74, 6) is -3.00. The van der Waals surface area contributed by atoms with Gasteiger partial charge in [-0.2, -0.15) is 0 Å². The standard InChI is InChI=1S/C18H31N5O7SSi2/c1-32(2)30-33(3,4)11-31-18-21-8-12(9-22-18)7-19-14(24)6-5-13(16(27)28)23-17(29)20-10-15(25)26/h8-9,13,32H,5-7,10-11H2,1-4H3,(H,19,24)(H,25,26)(H,27,28)(H2,20,23,29)/t13-/m0/s1. The molecule has 0 saturated carbocycles. The highest BCUT2D eigenvalue weighted by molar-refractivity contribution is 8.00. The molecule has 1 aromatic rings. The highest BCUT2D eigenvalue weighted by atomic mass is 32.2. The number of carboxylic acids is 2. The van der Waals surface area contributed by atoms with E-state index in [-0.39, 0.29) is 19.4 Å². The van der Waals surface area contributed by atoms with E-state index in [1.54, 1.807) is 24.2 Å². The first kappa shape index (κ1) is 28.5. The van der Waals surface area contributed by atoms with Crippen molar-refractivity contribution in [1.82, 2.24) is 25.9 Å². The van der Waals surface area contributed by atoms with E-state index in [0.717, 1.165) is 5.38 Å². The van der Waals surface area contributed by atoms with E-state index in [1.807, 2.05) is 5.32 Å². The van der Waals surface area contributed by atoms with Crippen molar-refractivity contribution >= 4 is 53.0 Å². The molecule has 0 aliphatic heterocycles. The first-order valence-corrected chi connectivity index (χ1v) is 17.1. The predicted molar refractivity (Wildman–Crippen MR) is 127 cm³/mol. The van der Waals surface area contributed by atoms with Crippen molar-refractivity contribution in [1.29, 1.82) is 0 Å². The van der Waals surface area contributed by atoms with Crippen molar-refractivity contribution in [2.75, 3.05) is 11.9 Å². The zero-order valence-corrected chi connectivity index (χ0v) is 22.1. The van der Waals surface area contributed by atoms with Crippen LogP contribution in [0.4, 0.5) is 4.79 Å². The van der Waals surface area contributed by atoms with E-state index in [4.69, 9.17) is 9.22 Å². The SMILES string of the molecule is C[SiH](C)O[Si](C)(C)CSc1ncc(CNC(=O)CC[C@H](NC(=O)NCC(=O)O)C(=O)O)cn1. The van der Waals surface area contributed by atoms with Crippen LogP contribution in [0.25, 0.3) is 0 Å². The second-order valence-corrected chi connectivity index (χ2v) is 16.4. The predicted octanol–water partition coefficient (Wildman–Crippen LogP) is 0.546. The van der Waals surface area contributed by atoms with E-state index in [0.29, 0.717) is 10.7 Å². The van der Waals surface area contributed by atoms with Crippen LogP contribution in [0.1, 0.15) is 18.4 Å². The zero-order valence-electron chi connectivity index (χ0n) is 19.1. The smallest absolute Gasteiger partial charge is 0.326 e. The molecule has 0 saturated heterocycles. The minimum Gasteiger partial charge on any atom is -0.480 e. The maximum Gasteiger partial charge on any atom is 0.326 e. The number of nitrogens with one attached hydrogen (secondary N) is 3. The molecule has 0 aliphatic rings. The van der Waals surface area contributed by atoms with Crippen molar-refractivity contribution in [3.8, 4) is 0 Å². The Morgan fingerprint density at radius 1 is 1.15 bits per heavy atom. The molecule has 0 radical (unpaired) electrons. The Morgan fingerprint density at radius 2 is 1.79 bits per heavy atom. The van der Waals surface area contributed by atoms with Crippen LogP contribution < -0.4 is 16.0 Å². The summed E-state index contributed by atoms with van der Waals surface area (Å²) in [6.45, 7) is 8.17. The number of aromatic nitrogens is 2. The Hall–Kier alpha value is -2.50. The van der Waals surface area contributed by atoms with E-state index in [9.17, 15) is 24.3 Å². The van der Waals surface area contributed by atoms with Gasteiger partial charge in [0.15, 0.2) is 22.5 Å². The van der Waals surface area contributed by atoms with E-state index in [2.05, 4.69) is 46.8 Å². The number of hydrogen-bond acceptors (Lipinski definition) is 8. The molecule has 3 amide bonds. The highest BCUT2D eigenvalue weighted by Gasteiger charge is 2.24. The monoisotopic (exact) mass is 517 g/mol. The van der Waals surface area contributed by atoms with Gasteiger partial charge in [-0.3, -0.25) is 9.59 Å². The maximum absolute atomic E-state index is 12.1. The molecule has 1 aromatic heterocycles. The number of nitrogens with zero attached hydrogens (tertiary/aromatic N) is 2. The Bertz CT molecular complexity index is 827. The number of hydrogen-bond donors (Lipinski definition) is 5. The van der Waals surface area contributed by atoms with Gasteiger partial charge in [0.2, 0.25) is 5.91 Å².